The van der Waals surface area contributed by atoms with E-state index in [4.69, 9.17) is 27.6 Å². The minimum absolute atomic E-state index is 0.00923. The van der Waals surface area contributed by atoms with Crippen molar-refractivity contribution < 1.29 is 9.21 Å². The average molecular weight is 353 g/mol. The molecule has 1 aromatic heterocycles. The molecule has 1 amide bonds. The molecule has 0 spiro atoms. The first kappa shape index (κ1) is 16.4. The van der Waals surface area contributed by atoms with Crippen LogP contribution in [0.15, 0.2) is 40.8 Å². The molecule has 1 aliphatic heterocycles. The van der Waals surface area contributed by atoms with Gasteiger partial charge in [0.15, 0.2) is 5.22 Å². The summed E-state index contributed by atoms with van der Waals surface area (Å²) in [5, 5.41) is 7.32. The van der Waals surface area contributed by atoms with Gasteiger partial charge in [0.05, 0.1) is 12.0 Å². The zero-order valence-corrected chi connectivity index (χ0v) is 14.2. The summed E-state index contributed by atoms with van der Waals surface area (Å²) in [5.74, 6) is 0.677. The monoisotopic (exact) mass is 352 g/mol. The highest BCUT2D eigenvalue weighted by Gasteiger charge is 2.34. The second-order valence-corrected chi connectivity index (χ2v) is 6.60. The maximum absolute atomic E-state index is 12.6. The van der Waals surface area contributed by atoms with Gasteiger partial charge in [0, 0.05) is 24.0 Å². The predicted octanol–water partition coefficient (Wildman–Crippen LogP) is 3.77. The van der Waals surface area contributed by atoms with Crippen LogP contribution in [0.2, 0.25) is 10.2 Å². The Morgan fingerprint density at radius 2 is 1.96 bits per heavy atom. The van der Waals surface area contributed by atoms with Crippen LogP contribution in [0.25, 0.3) is 0 Å². The van der Waals surface area contributed by atoms with Gasteiger partial charge in [-0.15, -0.1) is 0 Å². The molecule has 2 aromatic rings. The molecule has 122 valence electrons. The van der Waals surface area contributed by atoms with Crippen LogP contribution in [0.1, 0.15) is 30.2 Å². The first-order chi connectivity index (χ1) is 11.0. The van der Waals surface area contributed by atoms with Crippen molar-refractivity contribution in [2.45, 2.75) is 18.9 Å². The molecule has 2 heterocycles. The minimum atomic E-state index is -0.221. The van der Waals surface area contributed by atoms with E-state index in [1.54, 1.807) is 12.1 Å². The first-order valence-corrected chi connectivity index (χ1v) is 8.32. The molecule has 0 aliphatic carbocycles. The quantitative estimate of drug-likeness (QED) is 0.880. The molecule has 3 atom stereocenters. The molecule has 0 unspecified atom stereocenters. The summed E-state index contributed by atoms with van der Waals surface area (Å²) in [6.45, 7) is 3.32. The Morgan fingerprint density at radius 3 is 2.61 bits per heavy atom. The summed E-state index contributed by atoms with van der Waals surface area (Å²) in [5.41, 5.74) is 1.12. The van der Waals surface area contributed by atoms with Crippen molar-refractivity contribution in [1.29, 1.82) is 0 Å². The molecule has 0 bridgehead atoms. The molecule has 6 heteroatoms. The summed E-state index contributed by atoms with van der Waals surface area (Å²) in [6.07, 6.45) is 0. The van der Waals surface area contributed by atoms with Crippen LogP contribution in [0, 0.1) is 5.92 Å². The molecule has 4 nitrogen and oxygen atoms in total. The van der Waals surface area contributed by atoms with Gasteiger partial charge < -0.3 is 15.1 Å². The van der Waals surface area contributed by atoms with Crippen molar-refractivity contribution in [3.8, 4) is 0 Å². The lowest BCUT2D eigenvalue weighted by Crippen LogP contribution is -2.35. The molecular weight excluding hydrogens is 335 g/mol. The number of nitrogens with one attached hydrogen (secondary N) is 2. The summed E-state index contributed by atoms with van der Waals surface area (Å²) in [6, 6.07) is 10.9. The molecular formula is C17H18Cl2N2O2. The Hall–Kier alpha value is -1.49. The lowest BCUT2D eigenvalue weighted by molar-refractivity contribution is -0.125. The van der Waals surface area contributed by atoms with E-state index in [0.29, 0.717) is 22.5 Å². The van der Waals surface area contributed by atoms with Crippen molar-refractivity contribution in [2.24, 2.45) is 5.92 Å². The third kappa shape index (κ3) is 3.71. The van der Waals surface area contributed by atoms with Gasteiger partial charge in [0.2, 0.25) is 5.91 Å². The highest BCUT2D eigenvalue weighted by molar-refractivity contribution is 6.30. The van der Waals surface area contributed by atoms with Gasteiger partial charge in [-0.25, -0.2) is 0 Å². The van der Waals surface area contributed by atoms with Gasteiger partial charge >= 0.3 is 0 Å². The van der Waals surface area contributed by atoms with Crippen LogP contribution >= 0.6 is 23.2 Å². The lowest BCUT2D eigenvalue weighted by atomic mass is 9.88. The third-order valence-electron chi connectivity index (χ3n) is 4.23. The largest absolute Gasteiger partial charge is 0.448 e. The van der Waals surface area contributed by atoms with E-state index in [9.17, 15) is 4.79 Å². The molecule has 3 rings (SSSR count). The number of hydrogen-bond donors (Lipinski definition) is 2. The SMILES string of the molecule is C[C@H](NC(=O)[C@@H]1CNC[C@H]1c1ccc(Cl)cc1)c1ccc(Cl)o1. The van der Waals surface area contributed by atoms with Gasteiger partial charge in [-0.2, -0.15) is 0 Å². The van der Waals surface area contributed by atoms with Crippen LogP contribution in [0.4, 0.5) is 0 Å². The van der Waals surface area contributed by atoms with Gasteiger partial charge in [-0.1, -0.05) is 23.7 Å². The standard InChI is InChI=1S/C17H18Cl2N2O2/c1-10(15-6-7-16(19)23-15)21-17(22)14-9-20-8-13(14)11-2-4-12(18)5-3-11/h2-7,10,13-14,20H,8-9H2,1H3,(H,21,22)/t10-,13-,14+/m0/s1. The van der Waals surface area contributed by atoms with Crippen molar-refractivity contribution in [3.05, 3.63) is 58.0 Å². The number of carbonyl (C=O) groups is 1. The second kappa shape index (κ2) is 6.95. The number of hydrogen-bond acceptors (Lipinski definition) is 3. The van der Waals surface area contributed by atoms with Crippen LogP contribution < -0.4 is 10.6 Å². The van der Waals surface area contributed by atoms with Crippen LogP contribution in [0.5, 0.6) is 0 Å². The number of furan rings is 1. The van der Waals surface area contributed by atoms with Crippen LogP contribution in [-0.2, 0) is 4.79 Å². The molecule has 0 radical (unpaired) electrons. The summed E-state index contributed by atoms with van der Waals surface area (Å²) >= 11 is 11.7. The Kier molecular flexibility index (Phi) is 4.95. The molecule has 1 saturated heterocycles. The third-order valence-corrected chi connectivity index (χ3v) is 4.68. The van der Waals surface area contributed by atoms with Crippen molar-refractivity contribution in [1.82, 2.24) is 10.6 Å². The normalized spacial score (nSPS) is 22.0. The molecule has 1 aromatic carbocycles. The zero-order valence-electron chi connectivity index (χ0n) is 12.7. The van der Waals surface area contributed by atoms with E-state index in [1.165, 1.54) is 0 Å². The Labute approximate surface area is 145 Å². The first-order valence-electron chi connectivity index (χ1n) is 7.56. The fraction of sp³-hybridized carbons (Fsp3) is 0.353. The lowest BCUT2D eigenvalue weighted by Gasteiger charge is -2.20. The second-order valence-electron chi connectivity index (χ2n) is 5.79. The summed E-state index contributed by atoms with van der Waals surface area (Å²) in [7, 11) is 0. The van der Waals surface area contributed by atoms with E-state index >= 15 is 0 Å². The summed E-state index contributed by atoms with van der Waals surface area (Å²) in [4.78, 5) is 12.6. The zero-order chi connectivity index (χ0) is 16.4. The van der Waals surface area contributed by atoms with Crippen molar-refractivity contribution >= 4 is 29.1 Å². The maximum atomic E-state index is 12.6. The van der Waals surface area contributed by atoms with E-state index < -0.39 is 0 Å². The molecule has 0 saturated carbocycles. The van der Waals surface area contributed by atoms with E-state index in [-0.39, 0.29) is 23.8 Å². The Bertz CT molecular complexity index is 684. The van der Waals surface area contributed by atoms with E-state index in [0.717, 1.165) is 12.1 Å². The van der Waals surface area contributed by atoms with Gasteiger partial charge in [-0.05, 0) is 48.4 Å². The fourth-order valence-electron chi connectivity index (χ4n) is 2.97. The predicted molar refractivity (Wildman–Crippen MR) is 90.8 cm³/mol. The average Bonchev–Trinajstić information content (AvgIpc) is 3.17. The van der Waals surface area contributed by atoms with Crippen molar-refractivity contribution in [3.63, 3.8) is 0 Å². The number of amides is 1. The number of benzene rings is 1. The van der Waals surface area contributed by atoms with Crippen LogP contribution in [0.3, 0.4) is 0 Å². The van der Waals surface area contributed by atoms with Crippen molar-refractivity contribution in [2.75, 3.05) is 13.1 Å². The van der Waals surface area contributed by atoms with Gasteiger partial charge in [0.1, 0.15) is 5.76 Å². The topological polar surface area (TPSA) is 54.3 Å². The minimum Gasteiger partial charge on any atom is -0.448 e. The molecule has 23 heavy (non-hydrogen) atoms. The van der Waals surface area contributed by atoms with Gasteiger partial charge in [-0.3, -0.25) is 4.79 Å². The number of carbonyl (C=O) groups excluding carboxylic acids is 1. The maximum Gasteiger partial charge on any atom is 0.225 e. The Balaban J connectivity index is 1.69. The van der Waals surface area contributed by atoms with Crippen LogP contribution in [-0.4, -0.2) is 19.0 Å². The number of rotatable bonds is 4. The summed E-state index contributed by atoms with van der Waals surface area (Å²) < 4.78 is 5.35. The van der Waals surface area contributed by atoms with Gasteiger partial charge in [0.25, 0.3) is 0 Å². The molecule has 2 N–H and O–H groups in total. The smallest absolute Gasteiger partial charge is 0.225 e. The van der Waals surface area contributed by atoms with E-state index in [1.807, 2.05) is 31.2 Å². The van der Waals surface area contributed by atoms with E-state index in [2.05, 4.69) is 10.6 Å². The highest BCUT2D eigenvalue weighted by atomic mass is 35.5. The molecule has 1 aliphatic rings. The Morgan fingerprint density at radius 1 is 1.22 bits per heavy atom. The number of halogens is 2. The molecule has 1 fully saturated rings. The fourth-order valence-corrected chi connectivity index (χ4v) is 3.25. The highest BCUT2D eigenvalue weighted by Crippen LogP contribution is 2.30.